The number of hydrogen-bond acceptors (Lipinski definition) is 2. The van der Waals surface area contributed by atoms with E-state index in [1.54, 1.807) is 0 Å². The minimum atomic E-state index is -0.158. The Bertz CT molecular complexity index is 314. The number of esters is 1. The van der Waals surface area contributed by atoms with Crippen LogP contribution in [-0.4, -0.2) is 16.3 Å². The highest BCUT2D eigenvalue weighted by Crippen LogP contribution is 2.15. The largest absolute Gasteiger partial charge is 0.454 e. The Hall–Kier alpha value is -0.350. The second-order valence-corrected chi connectivity index (χ2v) is 5.20. The van der Waals surface area contributed by atoms with Crippen molar-refractivity contribution < 1.29 is 9.53 Å². The lowest BCUT2D eigenvalue weighted by Gasteiger charge is -2.08. The Morgan fingerprint density at radius 2 is 2.00 bits per heavy atom. The fourth-order valence-electron chi connectivity index (χ4n) is 1.38. The van der Waals surface area contributed by atoms with Gasteiger partial charge in [-0.1, -0.05) is 46.3 Å². The van der Waals surface area contributed by atoms with Crippen molar-refractivity contribution in [3.8, 4) is 0 Å². The molecule has 0 saturated heterocycles. The maximum absolute atomic E-state index is 11.1. The zero-order chi connectivity index (χ0) is 11.8. The summed E-state index contributed by atoms with van der Waals surface area (Å²) in [4.78, 5) is 11.4. The van der Waals surface area contributed by atoms with Gasteiger partial charge in [0.15, 0.2) is 0 Å². The van der Waals surface area contributed by atoms with Gasteiger partial charge in [-0.15, -0.1) is 0 Å². The van der Waals surface area contributed by atoms with E-state index in [1.807, 2.05) is 18.2 Å². The van der Waals surface area contributed by atoms with Crippen LogP contribution in [0.25, 0.3) is 0 Å². The van der Waals surface area contributed by atoms with Crippen molar-refractivity contribution in [3.05, 3.63) is 35.9 Å². The van der Waals surface area contributed by atoms with Crippen molar-refractivity contribution in [1.29, 1.82) is 0 Å². The number of ether oxygens (including phenoxy) is 1. The maximum Gasteiger partial charge on any atom is 0.306 e. The standard InChI is InChI=1S/C12H14Br2O2/c13-9-16-12(15)7-6-11(14)8-10-4-2-1-3-5-10/h1-5,11H,6-9H2. The Balaban J connectivity index is 2.26. The van der Waals surface area contributed by atoms with Crippen LogP contribution in [0.2, 0.25) is 0 Å². The zero-order valence-corrected chi connectivity index (χ0v) is 12.0. The lowest BCUT2D eigenvalue weighted by Crippen LogP contribution is -2.08. The first-order valence-corrected chi connectivity index (χ1v) is 7.15. The number of alkyl halides is 2. The highest BCUT2D eigenvalue weighted by molar-refractivity contribution is 9.09. The van der Waals surface area contributed by atoms with Crippen LogP contribution in [0.4, 0.5) is 0 Å². The molecule has 1 aromatic carbocycles. The van der Waals surface area contributed by atoms with E-state index in [9.17, 15) is 4.79 Å². The summed E-state index contributed by atoms with van der Waals surface area (Å²) < 4.78 is 4.80. The fourth-order valence-corrected chi connectivity index (χ4v) is 2.24. The lowest BCUT2D eigenvalue weighted by molar-refractivity contribution is -0.141. The summed E-state index contributed by atoms with van der Waals surface area (Å²) in [6.07, 6.45) is 2.18. The van der Waals surface area contributed by atoms with Crippen molar-refractivity contribution in [2.75, 3.05) is 5.52 Å². The molecule has 0 amide bonds. The van der Waals surface area contributed by atoms with Gasteiger partial charge in [-0.2, -0.15) is 0 Å². The Labute approximate surface area is 113 Å². The molecule has 0 aliphatic rings. The summed E-state index contributed by atoms with van der Waals surface area (Å²) in [6.45, 7) is 0. The van der Waals surface area contributed by atoms with E-state index in [-0.39, 0.29) is 11.5 Å². The van der Waals surface area contributed by atoms with Crippen molar-refractivity contribution in [2.45, 2.75) is 24.1 Å². The molecule has 0 fully saturated rings. The molecule has 2 nitrogen and oxygen atoms in total. The molecule has 0 aliphatic heterocycles. The van der Waals surface area contributed by atoms with Crippen LogP contribution in [0.5, 0.6) is 0 Å². The van der Waals surface area contributed by atoms with E-state index < -0.39 is 0 Å². The van der Waals surface area contributed by atoms with Gasteiger partial charge in [-0.05, 0) is 34.3 Å². The molecule has 4 heteroatoms. The number of rotatable bonds is 6. The predicted molar refractivity (Wildman–Crippen MR) is 72.0 cm³/mol. The monoisotopic (exact) mass is 348 g/mol. The van der Waals surface area contributed by atoms with Gasteiger partial charge < -0.3 is 4.74 Å². The van der Waals surface area contributed by atoms with Gasteiger partial charge in [-0.3, -0.25) is 4.79 Å². The van der Waals surface area contributed by atoms with Crippen molar-refractivity contribution in [1.82, 2.24) is 0 Å². The van der Waals surface area contributed by atoms with Crippen LogP contribution in [0.3, 0.4) is 0 Å². The molecule has 1 unspecified atom stereocenters. The Kier molecular flexibility index (Phi) is 6.73. The third kappa shape index (κ3) is 5.66. The Morgan fingerprint density at radius 1 is 1.31 bits per heavy atom. The summed E-state index contributed by atoms with van der Waals surface area (Å²) in [5, 5.41) is 0. The molecule has 0 aromatic heterocycles. The van der Waals surface area contributed by atoms with E-state index in [4.69, 9.17) is 4.74 Å². The molecule has 88 valence electrons. The molecule has 0 spiro atoms. The lowest BCUT2D eigenvalue weighted by atomic mass is 10.1. The number of benzene rings is 1. The summed E-state index contributed by atoms with van der Waals surface area (Å²) in [6, 6.07) is 10.2. The van der Waals surface area contributed by atoms with Gasteiger partial charge in [0.05, 0.1) is 0 Å². The number of hydrogen-bond donors (Lipinski definition) is 0. The molecule has 0 heterocycles. The molecule has 16 heavy (non-hydrogen) atoms. The van der Waals surface area contributed by atoms with E-state index in [1.165, 1.54) is 5.56 Å². The van der Waals surface area contributed by atoms with Crippen LogP contribution >= 0.6 is 31.9 Å². The summed E-state index contributed by atoms with van der Waals surface area (Å²) in [7, 11) is 0. The number of carbonyl (C=O) groups excluding carboxylic acids is 1. The quantitative estimate of drug-likeness (QED) is 0.578. The predicted octanol–water partition coefficient (Wildman–Crippen LogP) is 3.67. The average Bonchev–Trinajstić information content (AvgIpc) is 2.28. The summed E-state index contributed by atoms with van der Waals surface area (Å²) in [5.41, 5.74) is 1.55. The molecule has 0 saturated carbocycles. The normalized spacial score (nSPS) is 12.1. The second kappa shape index (κ2) is 7.85. The molecule has 1 aromatic rings. The van der Waals surface area contributed by atoms with Crippen LogP contribution in [-0.2, 0) is 16.0 Å². The topological polar surface area (TPSA) is 26.3 Å². The molecule has 1 rings (SSSR count). The van der Waals surface area contributed by atoms with Crippen molar-refractivity contribution >= 4 is 37.8 Å². The second-order valence-electron chi connectivity index (χ2n) is 3.45. The summed E-state index contributed by atoms with van der Waals surface area (Å²) in [5.74, 6) is -0.158. The number of carbonyl (C=O) groups is 1. The summed E-state index contributed by atoms with van der Waals surface area (Å²) >= 11 is 6.63. The van der Waals surface area contributed by atoms with Crippen molar-refractivity contribution in [3.63, 3.8) is 0 Å². The SMILES string of the molecule is O=C(CCC(Br)Cc1ccccc1)OCBr. The molecular formula is C12H14Br2O2. The smallest absolute Gasteiger partial charge is 0.306 e. The minimum Gasteiger partial charge on any atom is -0.454 e. The van der Waals surface area contributed by atoms with Gasteiger partial charge in [0.25, 0.3) is 0 Å². The van der Waals surface area contributed by atoms with Crippen LogP contribution in [0, 0.1) is 0 Å². The molecule has 1 atom stereocenters. The maximum atomic E-state index is 11.1. The van der Waals surface area contributed by atoms with E-state index in [2.05, 4.69) is 44.0 Å². The minimum absolute atomic E-state index is 0.158. The highest BCUT2D eigenvalue weighted by atomic mass is 79.9. The molecule has 0 radical (unpaired) electrons. The highest BCUT2D eigenvalue weighted by Gasteiger charge is 2.09. The van der Waals surface area contributed by atoms with Gasteiger partial charge in [0.2, 0.25) is 0 Å². The van der Waals surface area contributed by atoms with E-state index >= 15 is 0 Å². The van der Waals surface area contributed by atoms with Gasteiger partial charge in [-0.25, -0.2) is 0 Å². The number of halogens is 2. The molecular weight excluding hydrogens is 336 g/mol. The first-order chi connectivity index (χ1) is 7.72. The average molecular weight is 350 g/mol. The van der Waals surface area contributed by atoms with Crippen LogP contribution < -0.4 is 0 Å². The van der Waals surface area contributed by atoms with Gasteiger partial charge in [0, 0.05) is 11.2 Å². The van der Waals surface area contributed by atoms with Crippen LogP contribution in [0.1, 0.15) is 18.4 Å². The first kappa shape index (κ1) is 13.7. The van der Waals surface area contributed by atoms with Crippen molar-refractivity contribution in [2.24, 2.45) is 0 Å². The van der Waals surface area contributed by atoms with Gasteiger partial charge >= 0.3 is 5.97 Å². The first-order valence-electron chi connectivity index (χ1n) is 5.12. The molecule has 0 N–H and O–H groups in total. The molecule has 0 bridgehead atoms. The zero-order valence-electron chi connectivity index (χ0n) is 8.86. The Morgan fingerprint density at radius 3 is 2.62 bits per heavy atom. The third-order valence-electron chi connectivity index (χ3n) is 2.18. The fraction of sp³-hybridized carbons (Fsp3) is 0.417. The van der Waals surface area contributed by atoms with Gasteiger partial charge in [0.1, 0.15) is 5.52 Å². The third-order valence-corrected chi connectivity index (χ3v) is 3.19. The van der Waals surface area contributed by atoms with Crippen LogP contribution in [0.15, 0.2) is 30.3 Å². The van der Waals surface area contributed by atoms with E-state index in [0.717, 1.165) is 12.8 Å². The molecule has 0 aliphatic carbocycles. The van der Waals surface area contributed by atoms with E-state index in [0.29, 0.717) is 11.2 Å².